The Morgan fingerprint density at radius 1 is 1.18 bits per heavy atom. The Kier molecular flexibility index (Phi) is 5.15. The van der Waals surface area contributed by atoms with E-state index in [1.165, 1.54) is 17.7 Å². The van der Waals surface area contributed by atoms with Gasteiger partial charge in [0, 0.05) is 42.6 Å². The van der Waals surface area contributed by atoms with Crippen molar-refractivity contribution in [3.8, 4) is 0 Å². The number of methoxy groups -OCH3 is 1. The van der Waals surface area contributed by atoms with Crippen LogP contribution in [0.4, 0.5) is 10.1 Å². The van der Waals surface area contributed by atoms with Gasteiger partial charge in [0.25, 0.3) is 5.91 Å². The van der Waals surface area contributed by atoms with Crippen LogP contribution in [-0.2, 0) is 27.3 Å². The van der Waals surface area contributed by atoms with Crippen LogP contribution >= 0.6 is 0 Å². The molecule has 2 aliphatic heterocycles. The predicted molar refractivity (Wildman–Crippen MR) is 106 cm³/mol. The molecule has 4 rings (SSSR count). The van der Waals surface area contributed by atoms with E-state index < -0.39 is 0 Å². The van der Waals surface area contributed by atoms with Gasteiger partial charge >= 0.3 is 0 Å². The normalized spacial score (nSPS) is 17.5. The van der Waals surface area contributed by atoms with E-state index in [2.05, 4.69) is 29.4 Å². The molecule has 146 valence electrons. The highest BCUT2D eigenvalue weighted by Crippen LogP contribution is 2.41. The average Bonchev–Trinajstić information content (AvgIpc) is 3.23. The first-order chi connectivity index (χ1) is 13.6. The Morgan fingerprint density at radius 2 is 2.04 bits per heavy atom. The summed E-state index contributed by atoms with van der Waals surface area (Å²) in [5.41, 5.74) is 4.75. The lowest BCUT2D eigenvalue weighted by atomic mass is 9.98. The van der Waals surface area contributed by atoms with Crippen molar-refractivity contribution in [1.82, 2.24) is 4.90 Å². The summed E-state index contributed by atoms with van der Waals surface area (Å²) in [4.78, 5) is 14.7. The maximum atomic E-state index is 13.7. The Morgan fingerprint density at radius 3 is 2.86 bits per heavy atom. The van der Waals surface area contributed by atoms with Gasteiger partial charge in [-0.15, -0.1) is 0 Å². The van der Waals surface area contributed by atoms with Gasteiger partial charge in [0.2, 0.25) is 0 Å². The van der Waals surface area contributed by atoms with Gasteiger partial charge in [-0.3, -0.25) is 4.79 Å². The van der Waals surface area contributed by atoms with Crippen molar-refractivity contribution in [2.75, 3.05) is 39.2 Å². The Hall–Kier alpha value is -2.70. The number of hydrogen-bond donors (Lipinski definition) is 1. The molecule has 0 bridgehead atoms. The number of carbonyl (C=O) groups excluding carboxylic acids is 1. The van der Waals surface area contributed by atoms with Crippen molar-refractivity contribution in [2.24, 2.45) is 0 Å². The van der Waals surface area contributed by atoms with Crippen LogP contribution in [0.15, 0.2) is 36.4 Å². The van der Waals surface area contributed by atoms with Crippen LogP contribution in [0.25, 0.3) is 11.3 Å². The second-order valence-electron chi connectivity index (χ2n) is 7.17. The number of benzene rings is 2. The van der Waals surface area contributed by atoms with Crippen molar-refractivity contribution in [2.45, 2.75) is 13.0 Å². The van der Waals surface area contributed by atoms with Crippen LogP contribution in [0.1, 0.15) is 22.3 Å². The molecular weight excluding hydrogens is 359 g/mol. The summed E-state index contributed by atoms with van der Waals surface area (Å²) in [5.74, 6) is -0.104. The molecule has 0 aromatic heterocycles. The third-order valence-electron chi connectivity index (χ3n) is 5.20. The van der Waals surface area contributed by atoms with E-state index in [4.69, 9.17) is 9.47 Å². The lowest BCUT2D eigenvalue weighted by Crippen LogP contribution is -2.25. The van der Waals surface area contributed by atoms with E-state index >= 15 is 0 Å². The first-order valence-electron chi connectivity index (χ1n) is 9.35. The number of hydrogen-bond acceptors (Lipinski definition) is 4. The van der Waals surface area contributed by atoms with Gasteiger partial charge in [-0.2, -0.15) is 0 Å². The van der Waals surface area contributed by atoms with E-state index in [0.29, 0.717) is 29.2 Å². The van der Waals surface area contributed by atoms with Gasteiger partial charge in [0.15, 0.2) is 0 Å². The van der Waals surface area contributed by atoms with Crippen molar-refractivity contribution < 1.29 is 18.7 Å². The molecule has 2 aromatic carbocycles. The third-order valence-corrected chi connectivity index (χ3v) is 5.20. The molecule has 0 saturated heterocycles. The molecule has 2 aliphatic rings. The number of ether oxygens (including phenoxy) is 2. The molecule has 0 saturated carbocycles. The quantitative estimate of drug-likeness (QED) is 0.779. The zero-order chi connectivity index (χ0) is 19.7. The standard InChI is InChI=1S/C22H23FN2O3/c1-25(9-10-27-2)8-7-14-3-5-17-15(11-14)13-28-21(17)20-18-12-16(23)4-6-19(18)24-22(20)26/h3-6,11-12H,7-10,13H2,1-2H3,(H,24,26). The number of amides is 1. The highest BCUT2D eigenvalue weighted by molar-refractivity contribution is 6.36. The molecule has 2 heterocycles. The highest BCUT2D eigenvalue weighted by Gasteiger charge is 2.32. The van der Waals surface area contributed by atoms with Crippen LogP contribution in [-0.4, -0.2) is 44.7 Å². The summed E-state index contributed by atoms with van der Waals surface area (Å²) < 4.78 is 24.7. The molecule has 28 heavy (non-hydrogen) atoms. The molecule has 6 heteroatoms. The van der Waals surface area contributed by atoms with Crippen molar-refractivity contribution in [1.29, 1.82) is 0 Å². The van der Waals surface area contributed by atoms with Gasteiger partial charge in [-0.25, -0.2) is 4.39 Å². The van der Waals surface area contributed by atoms with Gasteiger partial charge in [-0.1, -0.05) is 18.2 Å². The maximum absolute atomic E-state index is 13.7. The Balaban J connectivity index is 1.59. The Labute approximate surface area is 163 Å². The summed E-state index contributed by atoms with van der Waals surface area (Å²) in [6, 6.07) is 10.5. The van der Waals surface area contributed by atoms with Crippen LogP contribution in [0, 0.1) is 5.82 Å². The van der Waals surface area contributed by atoms with Gasteiger partial charge < -0.3 is 19.7 Å². The maximum Gasteiger partial charge on any atom is 0.260 e. The molecular formula is C22H23FN2O3. The number of carbonyl (C=O) groups is 1. The van der Waals surface area contributed by atoms with Crippen molar-refractivity contribution in [3.05, 3.63) is 64.5 Å². The average molecular weight is 382 g/mol. The number of nitrogens with one attached hydrogen (secondary N) is 1. The van der Waals surface area contributed by atoms with Gasteiger partial charge in [0.1, 0.15) is 18.2 Å². The number of nitrogens with zero attached hydrogens (tertiary/aromatic N) is 1. The van der Waals surface area contributed by atoms with E-state index in [-0.39, 0.29) is 11.7 Å². The van der Waals surface area contributed by atoms with Crippen LogP contribution in [0.5, 0.6) is 0 Å². The van der Waals surface area contributed by atoms with E-state index in [0.717, 1.165) is 37.2 Å². The summed E-state index contributed by atoms with van der Waals surface area (Å²) in [6.45, 7) is 2.97. The van der Waals surface area contributed by atoms with Gasteiger partial charge in [0.05, 0.1) is 12.2 Å². The molecule has 1 amide bonds. The molecule has 0 spiro atoms. The number of likely N-dealkylation sites (N-methyl/N-ethyl adjacent to an activating group) is 1. The van der Waals surface area contributed by atoms with E-state index in [9.17, 15) is 9.18 Å². The van der Waals surface area contributed by atoms with E-state index in [1.54, 1.807) is 13.2 Å². The SMILES string of the molecule is COCCN(C)CCc1ccc2c(c1)COC2=C1C(=O)Nc2ccc(F)cc21. The molecule has 0 fully saturated rings. The minimum atomic E-state index is -0.375. The second kappa shape index (κ2) is 7.73. The van der Waals surface area contributed by atoms with Crippen LogP contribution < -0.4 is 5.32 Å². The molecule has 0 unspecified atom stereocenters. The summed E-state index contributed by atoms with van der Waals surface area (Å²) >= 11 is 0. The molecule has 2 aromatic rings. The van der Waals surface area contributed by atoms with Gasteiger partial charge in [-0.05, 0) is 37.2 Å². The number of halogens is 1. The summed E-state index contributed by atoms with van der Waals surface area (Å²) in [6.07, 6.45) is 0.925. The largest absolute Gasteiger partial charge is 0.487 e. The molecule has 0 aliphatic carbocycles. The summed E-state index contributed by atoms with van der Waals surface area (Å²) in [7, 11) is 3.78. The molecule has 0 radical (unpaired) electrons. The third kappa shape index (κ3) is 3.53. The predicted octanol–water partition coefficient (Wildman–Crippen LogP) is 3.30. The fraction of sp³-hybridized carbons (Fsp3) is 0.318. The zero-order valence-corrected chi connectivity index (χ0v) is 16.0. The number of fused-ring (bicyclic) bond motifs is 2. The van der Waals surface area contributed by atoms with E-state index in [1.807, 2.05) is 6.07 Å². The first-order valence-corrected chi connectivity index (χ1v) is 9.35. The Bertz CT molecular complexity index is 955. The number of anilines is 1. The summed E-state index contributed by atoms with van der Waals surface area (Å²) in [5, 5.41) is 2.78. The van der Waals surface area contributed by atoms with Crippen LogP contribution in [0.2, 0.25) is 0 Å². The topological polar surface area (TPSA) is 50.8 Å². The molecule has 0 atom stereocenters. The fourth-order valence-electron chi connectivity index (χ4n) is 3.62. The first kappa shape index (κ1) is 18.7. The van der Waals surface area contributed by atoms with Crippen molar-refractivity contribution in [3.63, 3.8) is 0 Å². The molecule has 5 nitrogen and oxygen atoms in total. The smallest absolute Gasteiger partial charge is 0.260 e. The second-order valence-corrected chi connectivity index (χ2v) is 7.17. The fourth-order valence-corrected chi connectivity index (χ4v) is 3.62. The zero-order valence-electron chi connectivity index (χ0n) is 16.0. The van der Waals surface area contributed by atoms with Crippen molar-refractivity contribution >= 4 is 22.9 Å². The lowest BCUT2D eigenvalue weighted by Gasteiger charge is -2.16. The lowest BCUT2D eigenvalue weighted by molar-refractivity contribution is -0.110. The molecule has 1 N–H and O–H groups in total. The monoisotopic (exact) mass is 382 g/mol. The number of rotatable bonds is 6. The highest BCUT2D eigenvalue weighted by atomic mass is 19.1. The minimum Gasteiger partial charge on any atom is -0.487 e. The minimum absolute atomic E-state index is 0.257. The van der Waals surface area contributed by atoms with Crippen LogP contribution in [0.3, 0.4) is 0 Å².